The fourth-order valence-electron chi connectivity index (χ4n) is 3.53. The molecule has 0 N–H and O–H groups in total. The molecule has 2 aliphatic rings. The lowest BCUT2D eigenvalue weighted by molar-refractivity contribution is -0.145. The van der Waals surface area contributed by atoms with Crippen molar-refractivity contribution in [1.29, 1.82) is 0 Å². The highest BCUT2D eigenvalue weighted by molar-refractivity contribution is 5.98. The lowest BCUT2D eigenvalue weighted by atomic mass is 9.95. The van der Waals surface area contributed by atoms with Crippen molar-refractivity contribution in [1.82, 2.24) is 4.90 Å². The Balaban J connectivity index is 1.86. The average Bonchev–Trinajstić information content (AvgIpc) is 2.98. The molecule has 2 aliphatic heterocycles. The Labute approximate surface area is 137 Å². The molecule has 23 heavy (non-hydrogen) atoms. The summed E-state index contributed by atoms with van der Waals surface area (Å²) in [5.74, 6) is -0.223. The number of urea groups is 1. The van der Waals surface area contributed by atoms with Crippen LogP contribution in [0.25, 0.3) is 0 Å². The zero-order valence-corrected chi connectivity index (χ0v) is 13.9. The maximum atomic E-state index is 12.7. The quantitative estimate of drug-likeness (QED) is 0.598. The first-order valence-electron chi connectivity index (χ1n) is 8.52. The molecule has 0 spiro atoms. The third-order valence-corrected chi connectivity index (χ3v) is 4.70. The molecule has 0 radical (unpaired) electrons. The summed E-state index contributed by atoms with van der Waals surface area (Å²) >= 11 is 0. The van der Waals surface area contributed by atoms with Gasteiger partial charge in [0.1, 0.15) is 0 Å². The number of carbonyl (C=O) groups is 2. The van der Waals surface area contributed by atoms with Gasteiger partial charge in [-0.1, -0.05) is 31.5 Å². The minimum atomic E-state index is -0.223. The highest BCUT2D eigenvalue weighted by Crippen LogP contribution is 2.43. The predicted octanol–water partition coefficient (Wildman–Crippen LogP) is 3.28. The second-order valence-electron chi connectivity index (χ2n) is 6.12. The number of hydrogen-bond donors (Lipinski definition) is 0. The summed E-state index contributed by atoms with van der Waals surface area (Å²) in [6.45, 7) is 5.80. The van der Waals surface area contributed by atoms with Gasteiger partial charge >= 0.3 is 12.0 Å². The number of anilines is 1. The van der Waals surface area contributed by atoms with Crippen molar-refractivity contribution >= 4 is 17.7 Å². The van der Waals surface area contributed by atoms with Gasteiger partial charge in [0.15, 0.2) is 0 Å². The molecule has 5 nitrogen and oxygen atoms in total. The van der Waals surface area contributed by atoms with Crippen molar-refractivity contribution < 1.29 is 14.3 Å². The molecule has 0 fully saturated rings. The van der Waals surface area contributed by atoms with E-state index in [9.17, 15) is 9.59 Å². The Morgan fingerprint density at radius 2 is 2.17 bits per heavy atom. The van der Waals surface area contributed by atoms with Crippen LogP contribution >= 0.6 is 0 Å². The van der Waals surface area contributed by atoms with Crippen molar-refractivity contribution in [3.05, 3.63) is 29.3 Å². The summed E-state index contributed by atoms with van der Waals surface area (Å²) in [5, 5.41) is 0. The van der Waals surface area contributed by atoms with E-state index in [0.717, 1.165) is 37.1 Å². The number of benzene rings is 1. The van der Waals surface area contributed by atoms with Gasteiger partial charge in [-0.2, -0.15) is 0 Å². The van der Waals surface area contributed by atoms with Crippen molar-refractivity contribution in [2.75, 3.05) is 24.6 Å². The second-order valence-corrected chi connectivity index (χ2v) is 6.12. The molecule has 2 amide bonds. The molecule has 0 bridgehead atoms. The van der Waals surface area contributed by atoms with E-state index in [1.165, 1.54) is 5.56 Å². The normalized spacial score (nSPS) is 19.0. The van der Waals surface area contributed by atoms with Gasteiger partial charge in [0.25, 0.3) is 0 Å². The SMILES string of the molecule is CCCCOC(=O)CC1c2cccc3c2N(CC3)C(=O)N1CC. The molecule has 5 heteroatoms. The molecular weight excluding hydrogens is 292 g/mol. The maximum Gasteiger partial charge on any atom is 0.325 e. The van der Waals surface area contributed by atoms with E-state index >= 15 is 0 Å². The third-order valence-electron chi connectivity index (χ3n) is 4.70. The number of unbranched alkanes of at least 4 members (excludes halogenated alkanes) is 1. The maximum absolute atomic E-state index is 12.7. The van der Waals surface area contributed by atoms with E-state index in [4.69, 9.17) is 4.74 Å². The summed E-state index contributed by atoms with van der Waals surface area (Å²) in [4.78, 5) is 28.6. The van der Waals surface area contributed by atoms with Crippen LogP contribution in [0.3, 0.4) is 0 Å². The zero-order valence-electron chi connectivity index (χ0n) is 13.9. The molecule has 0 aromatic heterocycles. The second kappa shape index (κ2) is 6.60. The van der Waals surface area contributed by atoms with Crippen molar-refractivity contribution in [2.45, 2.75) is 45.6 Å². The monoisotopic (exact) mass is 316 g/mol. The minimum Gasteiger partial charge on any atom is -0.466 e. The molecule has 1 unspecified atom stereocenters. The van der Waals surface area contributed by atoms with Crippen LogP contribution in [0.1, 0.15) is 50.3 Å². The number of esters is 1. The van der Waals surface area contributed by atoms with E-state index < -0.39 is 0 Å². The van der Waals surface area contributed by atoms with Crippen LogP contribution in [0, 0.1) is 0 Å². The predicted molar refractivity (Wildman–Crippen MR) is 88.5 cm³/mol. The van der Waals surface area contributed by atoms with Gasteiger partial charge < -0.3 is 9.64 Å². The topological polar surface area (TPSA) is 49.9 Å². The standard InChI is InChI=1S/C18H24N2O3/c1-3-5-11-23-16(21)12-15-14-8-6-7-13-9-10-20(17(13)14)18(22)19(15)4-2/h6-8,15H,3-5,9-12H2,1-2H3. The number of para-hydroxylation sites is 1. The minimum absolute atomic E-state index is 0.0105. The third kappa shape index (κ3) is 2.80. The van der Waals surface area contributed by atoms with Crippen LogP contribution in [0.5, 0.6) is 0 Å². The average molecular weight is 316 g/mol. The zero-order chi connectivity index (χ0) is 16.4. The molecule has 0 saturated carbocycles. The summed E-state index contributed by atoms with van der Waals surface area (Å²) in [6.07, 6.45) is 2.99. The number of amides is 2. The number of hydrogen-bond acceptors (Lipinski definition) is 3. The van der Waals surface area contributed by atoms with Crippen LogP contribution in [-0.2, 0) is 16.0 Å². The molecule has 1 atom stereocenters. The Kier molecular flexibility index (Phi) is 4.55. The molecule has 0 saturated heterocycles. The van der Waals surface area contributed by atoms with Gasteiger partial charge in [-0.25, -0.2) is 4.79 Å². The fourth-order valence-corrected chi connectivity index (χ4v) is 3.53. The van der Waals surface area contributed by atoms with Gasteiger partial charge in [-0.3, -0.25) is 9.69 Å². The highest BCUT2D eigenvalue weighted by atomic mass is 16.5. The fraction of sp³-hybridized carbons (Fsp3) is 0.556. The Morgan fingerprint density at radius 1 is 1.35 bits per heavy atom. The molecule has 1 aromatic rings. The van der Waals surface area contributed by atoms with Gasteiger partial charge in [-0.05, 0) is 30.9 Å². The lowest BCUT2D eigenvalue weighted by Crippen LogP contribution is -2.49. The summed E-state index contributed by atoms with van der Waals surface area (Å²) in [7, 11) is 0. The van der Waals surface area contributed by atoms with Crippen molar-refractivity contribution in [2.24, 2.45) is 0 Å². The van der Waals surface area contributed by atoms with Crippen LogP contribution in [0.2, 0.25) is 0 Å². The van der Waals surface area contributed by atoms with E-state index in [0.29, 0.717) is 13.2 Å². The number of carbonyl (C=O) groups excluding carboxylic acids is 2. The number of rotatable bonds is 6. The highest BCUT2D eigenvalue weighted by Gasteiger charge is 2.41. The molecule has 1 aromatic carbocycles. The summed E-state index contributed by atoms with van der Waals surface area (Å²) < 4.78 is 5.31. The Bertz CT molecular complexity index is 614. The van der Waals surface area contributed by atoms with E-state index in [1.807, 2.05) is 24.0 Å². The Hall–Kier alpha value is -2.04. The molecule has 124 valence electrons. The molecule has 3 rings (SSSR count). The van der Waals surface area contributed by atoms with Crippen LogP contribution in [-0.4, -0.2) is 36.6 Å². The smallest absolute Gasteiger partial charge is 0.325 e. The molecular formula is C18H24N2O3. The van der Waals surface area contributed by atoms with Crippen LogP contribution < -0.4 is 4.90 Å². The number of ether oxygens (including phenoxy) is 1. The summed E-state index contributed by atoms with van der Waals surface area (Å²) in [6, 6.07) is 5.93. The largest absolute Gasteiger partial charge is 0.466 e. The Morgan fingerprint density at radius 3 is 2.91 bits per heavy atom. The number of nitrogens with zero attached hydrogens (tertiary/aromatic N) is 2. The lowest BCUT2D eigenvalue weighted by Gasteiger charge is -2.40. The first-order valence-corrected chi connectivity index (χ1v) is 8.52. The first-order chi connectivity index (χ1) is 11.2. The molecule has 2 heterocycles. The van der Waals surface area contributed by atoms with E-state index in [1.54, 1.807) is 4.90 Å². The van der Waals surface area contributed by atoms with E-state index in [2.05, 4.69) is 13.0 Å². The van der Waals surface area contributed by atoms with Crippen molar-refractivity contribution in [3.8, 4) is 0 Å². The summed E-state index contributed by atoms with van der Waals surface area (Å²) in [5.41, 5.74) is 3.30. The van der Waals surface area contributed by atoms with Gasteiger partial charge in [0, 0.05) is 13.1 Å². The first kappa shape index (κ1) is 15.8. The van der Waals surface area contributed by atoms with Crippen molar-refractivity contribution in [3.63, 3.8) is 0 Å². The van der Waals surface area contributed by atoms with Crippen LogP contribution in [0.4, 0.5) is 10.5 Å². The van der Waals surface area contributed by atoms with Gasteiger partial charge in [0.05, 0.1) is 24.8 Å². The van der Waals surface area contributed by atoms with E-state index in [-0.39, 0.29) is 24.5 Å². The van der Waals surface area contributed by atoms with Gasteiger partial charge in [-0.15, -0.1) is 0 Å². The molecule has 0 aliphatic carbocycles. The van der Waals surface area contributed by atoms with Crippen LogP contribution in [0.15, 0.2) is 18.2 Å². The van der Waals surface area contributed by atoms with Gasteiger partial charge in [0.2, 0.25) is 0 Å².